The van der Waals surface area contributed by atoms with E-state index in [4.69, 9.17) is 5.73 Å². The van der Waals surface area contributed by atoms with Gasteiger partial charge in [0, 0.05) is 37.4 Å². The van der Waals surface area contributed by atoms with Crippen LogP contribution in [0.4, 0.5) is 5.69 Å². The molecule has 1 aromatic rings. The molecule has 1 saturated heterocycles. The summed E-state index contributed by atoms with van der Waals surface area (Å²) in [7, 11) is 0. The molecule has 0 saturated carbocycles. The molecule has 5 heteroatoms. The van der Waals surface area contributed by atoms with Crippen LogP contribution in [0.2, 0.25) is 0 Å². The van der Waals surface area contributed by atoms with Crippen LogP contribution in [0.5, 0.6) is 0 Å². The van der Waals surface area contributed by atoms with E-state index in [9.17, 15) is 9.59 Å². The van der Waals surface area contributed by atoms with Crippen LogP contribution in [0.1, 0.15) is 34.6 Å². The standard InChI is InChI=1S/C15H21N3O2/c1-3-17-6-8-18(9-7-17)15(20)13-5-4-12(16)10-14(13)11(2)19/h4-5,10H,3,6-9,16H2,1-2H3. The van der Waals surface area contributed by atoms with Gasteiger partial charge in [-0.05, 0) is 31.7 Å². The second kappa shape index (κ2) is 6.05. The number of Topliss-reactive ketones (excluding diaryl/α,β-unsaturated/α-hetero) is 1. The number of ketones is 1. The molecule has 1 aliphatic heterocycles. The number of hydrogen-bond donors (Lipinski definition) is 1. The molecule has 0 aliphatic carbocycles. The first-order valence-electron chi connectivity index (χ1n) is 6.95. The van der Waals surface area contributed by atoms with Gasteiger partial charge in [-0.15, -0.1) is 0 Å². The van der Waals surface area contributed by atoms with E-state index in [1.165, 1.54) is 6.92 Å². The lowest BCUT2D eigenvalue weighted by molar-refractivity contribution is 0.0640. The van der Waals surface area contributed by atoms with Crippen molar-refractivity contribution in [2.75, 3.05) is 38.5 Å². The Morgan fingerprint density at radius 1 is 1.15 bits per heavy atom. The van der Waals surface area contributed by atoms with E-state index in [2.05, 4.69) is 11.8 Å². The van der Waals surface area contributed by atoms with Gasteiger partial charge in [0.05, 0.1) is 5.56 Å². The molecule has 0 aromatic heterocycles. The molecule has 20 heavy (non-hydrogen) atoms. The maximum atomic E-state index is 12.5. The highest BCUT2D eigenvalue weighted by Crippen LogP contribution is 2.17. The van der Waals surface area contributed by atoms with Crippen molar-refractivity contribution in [1.82, 2.24) is 9.80 Å². The van der Waals surface area contributed by atoms with Crippen LogP contribution >= 0.6 is 0 Å². The third-order valence-corrected chi connectivity index (χ3v) is 3.76. The Labute approximate surface area is 119 Å². The van der Waals surface area contributed by atoms with E-state index in [1.807, 2.05) is 4.90 Å². The smallest absolute Gasteiger partial charge is 0.254 e. The molecule has 1 aromatic carbocycles. The van der Waals surface area contributed by atoms with Gasteiger partial charge in [-0.25, -0.2) is 0 Å². The SMILES string of the molecule is CCN1CCN(C(=O)c2ccc(N)cc2C(C)=O)CC1. The molecule has 0 radical (unpaired) electrons. The fraction of sp³-hybridized carbons (Fsp3) is 0.467. The maximum Gasteiger partial charge on any atom is 0.254 e. The number of carbonyl (C=O) groups excluding carboxylic acids is 2. The van der Waals surface area contributed by atoms with Gasteiger partial charge in [-0.1, -0.05) is 6.92 Å². The summed E-state index contributed by atoms with van der Waals surface area (Å²) < 4.78 is 0. The number of nitrogen functional groups attached to an aromatic ring is 1. The number of amides is 1. The highest BCUT2D eigenvalue weighted by Gasteiger charge is 2.24. The molecule has 2 N–H and O–H groups in total. The second-order valence-corrected chi connectivity index (χ2v) is 5.09. The Morgan fingerprint density at radius 3 is 2.35 bits per heavy atom. The van der Waals surface area contributed by atoms with E-state index in [1.54, 1.807) is 18.2 Å². The predicted octanol–water partition coefficient (Wildman–Crippen LogP) is 1.25. The lowest BCUT2D eigenvalue weighted by Crippen LogP contribution is -2.48. The molecule has 108 valence electrons. The Morgan fingerprint density at radius 2 is 1.80 bits per heavy atom. The number of carbonyl (C=O) groups is 2. The third kappa shape index (κ3) is 2.99. The molecular formula is C15H21N3O2. The monoisotopic (exact) mass is 275 g/mol. The molecular weight excluding hydrogens is 254 g/mol. The van der Waals surface area contributed by atoms with Crippen molar-refractivity contribution in [3.05, 3.63) is 29.3 Å². The van der Waals surface area contributed by atoms with Crippen molar-refractivity contribution < 1.29 is 9.59 Å². The summed E-state index contributed by atoms with van der Waals surface area (Å²) in [5, 5.41) is 0. The van der Waals surface area contributed by atoms with Gasteiger partial charge in [0.25, 0.3) is 5.91 Å². The van der Waals surface area contributed by atoms with E-state index in [0.29, 0.717) is 29.9 Å². The Hall–Kier alpha value is -1.88. The first-order chi connectivity index (χ1) is 9.52. The highest BCUT2D eigenvalue weighted by atomic mass is 16.2. The fourth-order valence-electron chi connectivity index (χ4n) is 2.48. The highest BCUT2D eigenvalue weighted by molar-refractivity contribution is 6.07. The van der Waals surface area contributed by atoms with Crippen molar-refractivity contribution >= 4 is 17.4 Å². The Balaban J connectivity index is 2.19. The fourth-order valence-corrected chi connectivity index (χ4v) is 2.48. The topological polar surface area (TPSA) is 66.6 Å². The minimum absolute atomic E-state index is 0.0778. The number of hydrogen-bond acceptors (Lipinski definition) is 4. The van der Waals surface area contributed by atoms with E-state index >= 15 is 0 Å². The van der Waals surface area contributed by atoms with Crippen LogP contribution in [0.25, 0.3) is 0 Å². The second-order valence-electron chi connectivity index (χ2n) is 5.09. The van der Waals surface area contributed by atoms with Crippen LogP contribution in [0.3, 0.4) is 0 Å². The lowest BCUT2D eigenvalue weighted by Gasteiger charge is -2.34. The molecule has 0 unspecified atom stereocenters. The minimum atomic E-state index is -0.132. The minimum Gasteiger partial charge on any atom is -0.399 e. The van der Waals surface area contributed by atoms with Crippen LogP contribution in [0, 0.1) is 0 Å². The zero-order valence-corrected chi connectivity index (χ0v) is 12.1. The summed E-state index contributed by atoms with van der Waals surface area (Å²) in [4.78, 5) is 28.3. The van der Waals surface area contributed by atoms with Crippen LogP contribution in [0.15, 0.2) is 18.2 Å². The van der Waals surface area contributed by atoms with Gasteiger partial charge in [0.2, 0.25) is 0 Å². The summed E-state index contributed by atoms with van der Waals surface area (Å²) in [5.74, 6) is -0.209. The van der Waals surface area contributed by atoms with Crippen molar-refractivity contribution in [3.63, 3.8) is 0 Å². The summed E-state index contributed by atoms with van der Waals surface area (Å²) in [6.45, 7) is 7.75. The average molecular weight is 275 g/mol. The molecule has 2 rings (SSSR count). The number of piperazine rings is 1. The normalized spacial score (nSPS) is 16.2. The van der Waals surface area contributed by atoms with Gasteiger partial charge in [-0.2, -0.15) is 0 Å². The molecule has 5 nitrogen and oxygen atoms in total. The summed E-state index contributed by atoms with van der Waals surface area (Å²) in [5.41, 5.74) is 7.06. The maximum absolute atomic E-state index is 12.5. The number of nitrogens with zero attached hydrogens (tertiary/aromatic N) is 2. The third-order valence-electron chi connectivity index (χ3n) is 3.76. The van der Waals surface area contributed by atoms with Crippen LogP contribution < -0.4 is 5.73 Å². The first-order valence-corrected chi connectivity index (χ1v) is 6.95. The lowest BCUT2D eigenvalue weighted by atomic mass is 10.0. The predicted molar refractivity (Wildman–Crippen MR) is 78.9 cm³/mol. The Bertz CT molecular complexity index is 520. The molecule has 1 aliphatic rings. The quantitative estimate of drug-likeness (QED) is 0.666. The summed E-state index contributed by atoms with van der Waals surface area (Å²) >= 11 is 0. The molecule has 0 atom stereocenters. The van der Waals surface area contributed by atoms with Gasteiger partial charge >= 0.3 is 0 Å². The zero-order chi connectivity index (χ0) is 14.7. The van der Waals surface area contributed by atoms with Crippen molar-refractivity contribution in [3.8, 4) is 0 Å². The number of rotatable bonds is 3. The van der Waals surface area contributed by atoms with Crippen LogP contribution in [-0.2, 0) is 0 Å². The number of likely N-dealkylation sites (N-methyl/N-ethyl adjacent to an activating group) is 1. The van der Waals surface area contributed by atoms with Crippen molar-refractivity contribution in [1.29, 1.82) is 0 Å². The molecule has 0 spiro atoms. The first kappa shape index (κ1) is 14.5. The van der Waals surface area contributed by atoms with E-state index in [0.717, 1.165) is 19.6 Å². The van der Waals surface area contributed by atoms with Crippen LogP contribution in [-0.4, -0.2) is 54.2 Å². The van der Waals surface area contributed by atoms with Crippen molar-refractivity contribution in [2.45, 2.75) is 13.8 Å². The molecule has 1 amide bonds. The molecule has 1 heterocycles. The van der Waals surface area contributed by atoms with Gasteiger partial charge in [-0.3, -0.25) is 9.59 Å². The van der Waals surface area contributed by atoms with Gasteiger partial charge < -0.3 is 15.5 Å². The number of nitrogens with two attached hydrogens (primary N) is 1. The van der Waals surface area contributed by atoms with Crippen molar-refractivity contribution in [2.24, 2.45) is 0 Å². The average Bonchev–Trinajstić information content (AvgIpc) is 2.46. The van der Waals surface area contributed by atoms with E-state index in [-0.39, 0.29) is 11.7 Å². The van der Waals surface area contributed by atoms with Gasteiger partial charge in [0.15, 0.2) is 5.78 Å². The molecule has 0 bridgehead atoms. The molecule has 1 fully saturated rings. The Kier molecular flexibility index (Phi) is 4.39. The van der Waals surface area contributed by atoms with E-state index < -0.39 is 0 Å². The number of benzene rings is 1. The summed E-state index contributed by atoms with van der Waals surface area (Å²) in [6.07, 6.45) is 0. The largest absolute Gasteiger partial charge is 0.399 e. The number of anilines is 1. The zero-order valence-electron chi connectivity index (χ0n) is 12.1. The van der Waals surface area contributed by atoms with Gasteiger partial charge in [0.1, 0.15) is 0 Å². The summed E-state index contributed by atoms with van der Waals surface area (Å²) in [6, 6.07) is 4.90.